The molecule has 0 bridgehead atoms. The number of imidazole rings is 1. The summed E-state index contributed by atoms with van der Waals surface area (Å²) in [4.78, 5) is 21.1. The van der Waals surface area contributed by atoms with Crippen LogP contribution in [0.25, 0.3) is 5.65 Å². The lowest BCUT2D eigenvalue weighted by molar-refractivity contribution is -0.131. The van der Waals surface area contributed by atoms with E-state index in [2.05, 4.69) is 39.3 Å². The van der Waals surface area contributed by atoms with Crippen LogP contribution in [0.2, 0.25) is 0 Å². The minimum absolute atomic E-state index is 0.0619. The van der Waals surface area contributed by atoms with Crippen molar-refractivity contribution in [3.05, 3.63) is 42.1 Å². The van der Waals surface area contributed by atoms with Gasteiger partial charge in [-0.15, -0.1) is 5.10 Å². The van der Waals surface area contributed by atoms with Crippen LogP contribution in [0.3, 0.4) is 0 Å². The summed E-state index contributed by atoms with van der Waals surface area (Å²) in [6.07, 6.45) is 4.07. The second kappa shape index (κ2) is 8.26. The number of hydrogen-bond donors (Lipinski definition) is 0. The Bertz CT molecular complexity index is 973. The number of hydrogen-bond acceptors (Lipinski definition) is 7. The maximum Gasteiger partial charge on any atom is 0.244 e. The van der Waals surface area contributed by atoms with E-state index in [1.54, 1.807) is 22.8 Å². The molecule has 1 aliphatic heterocycles. The number of carbonyl (C=O) groups is 1. The molecule has 3 aromatic heterocycles. The molecule has 2 atom stereocenters. The van der Waals surface area contributed by atoms with Gasteiger partial charge in [0.1, 0.15) is 12.2 Å². The number of ether oxygens (including phenoxy) is 1. The predicted molar refractivity (Wildman–Crippen MR) is 105 cm³/mol. The number of pyridine rings is 1. The quantitative estimate of drug-likeness (QED) is 0.600. The Labute approximate surface area is 169 Å². The molecule has 29 heavy (non-hydrogen) atoms. The first-order valence-corrected chi connectivity index (χ1v) is 9.77. The summed E-state index contributed by atoms with van der Waals surface area (Å²) in [7, 11) is 1.78. The van der Waals surface area contributed by atoms with E-state index >= 15 is 0 Å². The number of aromatic nitrogens is 6. The predicted octanol–water partition coefficient (Wildman–Crippen LogP) is 0.589. The summed E-state index contributed by atoms with van der Waals surface area (Å²) >= 11 is 0. The van der Waals surface area contributed by atoms with E-state index in [4.69, 9.17) is 4.74 Å². The lowest BCUT2D eigenvalue weighted by Crippen LogP contribution is -2.45. The van der Waals surface area contributed by atoms with Gasteiger partial charge in [-0.1, -0.05) is 6.07 Å². The number of rotatable bonds is 6. The van der Waals surface area contributed by atoms with Crippen LogP contribution in [0, 0.1) is 0 Å². The van der Waals surface area contributed by atoms with Gasteiger partial charge in [-0.25, -0.2) is 9.67 Å². The summed E-state index contributed by atoms with van der Waals surface area (Å²) in [6.45, 7) is 6.91. The van der Waals surface area contributed by atoms with Gasteiger partial charge < -0.3 is 14.0 Å². The smallest absolute Gasteiger partial charge is 0.244 e. The van der Waals surface area contributed by atoms with Gasteiger partial charge in [0.15, 0.2) is 5.82 Å². The molecule has 10 heteroatoms. The average Bonchev–Trinajstić information content (AvgIpc) is 3.28. The molecule has 4 heterocycles. The van der Waals surface area contributed by atoms with E-state index < -0.39 is 0 Å². The van der Waals surface area contributed by atoms with Crippen LogP contribution in [0.15, 0.2) is 30.6 Å². The molecule has 0 N–H and O–H groups in total. The Hall–Kier alpha value is -2.85. The molecule has 1 aliphatic rings. The van der Waals surface area contributed by atoms with Crippen molar-refractivity contribution in [2.75, 3.05) is 20.1 Å². The normalized spacial score (nSPS) is 20.2. The van der Waals surface area contributed by atoms with Crippen molar-refractivity contribution in [3.63, 3.8) is 0 Å². The molecule has 0 aromatic carbocycles. The van der Waals surface area contributed by atoms with Gasteiger partial charge in [-0.05, 0) is 36.4 Å². The minimum atomic E-state index is -0.0619. The van der Waals surface area contributed by atoms with Crippen LogP contribution in [-0.2, 0) is 29.2 Å². The number of carbonyl (C=O) groups excluding carboxylic acids is 1. The van der Waals surface area contributed by atoms with E-state index in [1.807, 2.05) is 28.8 Å². The van der Waals surface area contributed by atoms with Crippen LogP contribution in [0.5, 0.6) is 0 Å². The zero-order valence-electron chi connectivity index (χ0n) is 17.0. The fourth-order valence-corrected chi connectivity index (χ4v) is 3.75. The van der Waals surface area contributed by atoms with Crippen molar-refractivity contribution in [1.82, 2.24) is 39.4 Å². The van der Waals surface area contributed by atoms with Gasteiger partial charge in [0.2, 0.25) is 5.91 Å². The molecule has 0 spiro atoms. The molecule has 1 saturated heterocycles. The Morgan fingerprint density at radius 3 is 2.86 bits per heavy atom. The molecule has 1 amide bonds. The zero-order chi connectivity index (χ0) is 20.4. The molecule has 0 saturated carbocycles. The second-order valence-electron chi connectivity index (χ2n) is 7.63. The van der Waals surface area contributed by atoms with Crippen molar-refractivity contribution in [2.45, 2.75) is 45.7 Å². The molecule has 0 unspecified atom stereocenters. The summed E-state index contributed by atoms with van der Waals surface area (Å²) in [6, 6.07) is 5.82. The Kier molecular flexibility index (Phi) is 5.54. The number of fused-ring (bicyclic) bond motifs is 1. The molecule has 154 valence electrons. The highest BCUT2D eigenvalue weighted by Gasteiger charge is 2.24. The van der Waals surface area contributed by atoms with Crippen LogP contribution < -0.4 is 0 Å². The Morgan fingerprint density at radius 2 is 2.07 bits per heavy atom. The van der Waals surface area contributed by atoms with Crippen LogP contribution >= 0.6 is 0 Å². The zero-order valence-corrected chi connectivity index (χ0v) is 17.0. The van der Waals surface area contributed by atoms with E-state index in [-0.39, 0.29) is 24.7 Å². The third-order valence-electron chi connectivity index (χ3n) is 5.07. The number of nitrogens with zero attached hydrogens (tertiary/aromatic N) is 8. The molecular weight excluding hydrogens is 372 g/mol. The first kappa shape index (κ1) is 19.5. The van der Waals surface area contributed by atoms with E-state index in [0.717, 1.165) is 24.4 Å². The van der Waals surface area contributed by atoms with Gasteiger partial charge in [0, 0.05) is 26.3 Å². The van der Waals surface area contributed by atoms with E-state index in [9.17, 15) is 4.79 Å². The topological polar surface area (TPSA) is 93.7 Å². The molecule has 10 nitrogen and oxygen atoms in total. The van der Waals surface area contributed by atoms with E-state index in [0.29, 0.717) is 18.9 Å². The highest BCUT2D eigenvalue weighted by molar-refractivity contribution is 5.75. The van der Waals surface area contributed by atoms with Crippen molar-refractivity contribution in [1.29, 1.82) is 0 Å². The van der Waals surface area contributed by atoms with Crippen LogP contribution in [0.4, 0.5) is 0 Å². The molecule has 0 radical (unpaired) electrons. The fourth-order valence-electron chi connectivity index (χ4n) is 3.75. The monoisotopic (exact) mass is 398 g/mol. The first-order chi connectivity index (χ1) is 14.0. The summed E-state index contributed by atoms with van der Waals surface area (Å²) in [5.74, 6) is 0.621. The summed E-state index contributed by atoms with van der Waals surface area (Å²) in [5, 5.41) is 11.9. The van der Waals surface area contributed by atoms with Crippen molar-refractivity contribution >= 4 is 11.6 Å². The highest BCUT2D eigenvalue weighted by Crippen LogP contribution is 2.13. The second-order valence-corrected chi connectivity index (χ2v) is 7.63. The number of amides is 1. The highest BCUT2D eigenvalue weighted by atomic mass is 16.5. The molecule has 3 aromatic rings. The lowest BCUT2D eigenvalue weighted by Gasteiger charge is -2.34. The SMILES string of the molecule is C[C@@H]1CN(Cc2nnnn2CC(=O)N(C)Cc2cnc3ccccn23)C[C@H](C)O1. The number of tetrazole rings is 1. The van der Waals surface area contributed by atoms with Crippen LogP contribution in [-0.4, -0.2) is 77.6 Å². The third-order valence-corrected chi connectivity index (χ3v) is 5.07. The van der Waals surface area contributed by atoms with Gasteiger partial charge >= 0.3 is 0 Å². The minimum Gasteiger partial charge on any atom is -0.373 e. The van der Waals surface area contributed by atoms with Crippen molar-refractivity contribution < 1.29 is 9.53 Å². The standard InChI is InChI=1S/C19H26N8O2/c1-14-9-25(10-15(2)29-14)12-18-21-22-23-27(18)13-19(28)24(3)11-16-8-20-17-6-4-5-7-26(16)17/h4-8,14-15H,9-13H2,1-3H3/t14-,15+. The molecule has 4 rings (SSSR count). The van der Waals surface area contributed by atoms with Gasteiger partial charge in [0.05, 0.1) is 37.2 Å². The maximum atomic E-state index is 12.8. The van der Waals surface area contributed by atoms with Gasteiger partial charge in [-0.3, -0.25) is 9.69 Å². The Balaban J connectivity index is 1.39. The molecule has 0 aliphatic carbocycles. The molecule has 1 fully saturated rings. The lowest BCUT2D eigenvalue weighted by atomic mass is 10.2. The van der Waals surface area contributed by atoms with Gasteiger partial charge in [0.25, 0.3) is 0 Å². The average molecular weight is 398 g/mol. The summed E-state index contributed by atoms with van der Waals surface area (Å²) in [5.41, 5.74) is 1.81. The van der Waals surface area contributed by atoms with E-state index in [1.165, 1.54) is 0 Å². The number of morpholine rings is 1. The Morgan fingerprint density at radius 1 is 1.28 bits per heavy atom. The first-order valence-electron chi connectivity index (χ1n) is 9.77. The molecular formula is C19H26N8O2. The third kappa shape index (κ3) is 4.43. The maximum absolute atomic E-state index is 12.8. The van der Waals surface area contributed by atoms with Crippen molar-refractivity contribution in [3.8, 4) is 0 Å². The van der Waals surface area contributed by atoms with Gasteiger partial charge in [-0.2, -0.15) is 0 Å². The fraction of sp³-hybridized carbons (Fsp3) is 0.526. The largest absolute Gasteiger partial charge is 0.373 e. The summed E-state index contributed by atoms with van der Waals surface area (Å²) < 4.78 is 9.33. The number of likely N-dealkylation sites (N-methyl/N-ethyl adjacent to an activating group) is 1. The van der Waals surface area contributed by atoms with Crippen LogP contribution in [0.1, 0.15) is 25.4 Å². The van der Waals surface area contributed by atoms with Crippen molar-refractivity contribution in [2.24, 2.45) is 0 Å².